The molecule has 9 heteroatoms. The quantitative estimate of drug-likeness (QED) is 0.748. The molecule has 0 saturated heterocycles. The molecular formula is C17H19N3O5S. The summed E-state index contributed by atoms with van der Waals surface area (Å²) in [5.74, 6) is 0.472. The van der Waals surface area contributed by atoms with Crippen LogP contribution in [0.5, 0.6) is 5.75 Å². The molecular weight excluding hydrogens is 358 g/mol. The normalized spacial score (nSPS) is 12.6. The van der Waals surface area contributed by atoms with Gasteiger partial charge in [0.15, 0.2) is 0 Å². The van der Waals surface area contributed by atoms with Crippen molar-refractivity contribution in [3.05, 3.63) is 58.5 Å². The average Bonchev–Trinajstić information content (AvgIpc) is 2.62. The highest BCUT2D eigenvalue weighted by Gasteiger charge is 2.19. The van der Waals surface area contributed by atoms with Gasteiger partial charge in [-0.3, -0.25) is 4.79 Å². The van der Waals surface area contributed by atoms with Crippen molar-refractivity contribution < 1.29 is 18.3 Å². The van der Waals surface area contributed by atoms with E-state index in [0.29, 0.717) is 11.3 Å². The molecule has 26 heavy (non-hydrogen) atoms. The van der Waals surface area contributed by atoms with Gasteiger partial charge in [-0.15, -0.1) is 0 Å². The Hall–Kier alpha value is -2.67. The molecule has 1 atom stereocenters. The van der Waals surface area contributed by atoms with Crippen LogP contribution < -0.4 is 10.3 Å². The van der Waals surface area contributed by atoms with E-state index in [4.69, 9.17) is 10.00 Å². The Balaban J connectivity index is 2.07. The summed E-state index contributed by atoms with van der Waals surface area (Å²) in [6.07, 6.45) is 0.170. The van der Waals surface area contributed by atoms with Gasteiger partial charge in [-0.25, -0.2) is 12.7 Å². The Bertz CT molecular complexity index is 959. The fourth-order valence-electron chi connectivity index (χ4n) is 2.11. The fraction of sp³-hybridized carbons (Fsp3) is 0.294. The second-order valence-electron chi connectivity index (χ2n) is 5.74. The Morgan fingerprint density at radius 1 is 1.23 bits per heavy atom. The van der Waals surface area contributed by atoms with Crippen LogP contribution in [0.25, 0.3) is 0 Å². The Labute approximate surface area is 151 Å². The first-order valence-corrected chi connectivity index (χ1v) is 9.12. The van der Waals surface area contributed by atoms with Crippen molar-refractivity contribution in [2.24, 2.45) is 0 Å². The van der Waals surface area contributed by atoms with E-state index >= 15 is 0 Å². The summed E-state index contributed by atoms with van der Waals surface area (Å²) in [5, 5.41) is 18.8. The fourth-order valence-corrected chi connectivity index (χ4v) is 3.04. The van der Waals surface area contributed by atoms with Gasteiger partial charge >= 0.3 is 0 Å². The summed E-state index contributed by atoms with van der Waals surface area (Å²) in [5.41, 5.74) is 0.0588. The van der Waals surface area contributed by atoms with E-state index in [9.17, 15) is 18.3 Å². The van der Waals surface area contributed by atoms with Crippen molar-refractivity contribution in [3.63, 3.8) is 0 Å². The number of rotatable bonds is 7. The van der Waals surface area contributed by atoms with Gasteiger partial charge in [0, 0.05) is 26.4 Å². The first-order valence-electron chi connectivity index (χ1n) is 7.68. The molecule has 2 aromatic rings. The molecule has 0 saturated carbocycles. The summed E-state index contributed by atoms with van der Waals surface area (Å²) in [6.45, 7) is -0.213. The molecule has 0 aliphatic carbocycles. The topological polar surface area (TPSA) is 113 Å². The number of hydrogen-bond acceptors (Lipinski definition) is 6. The minimum Gasteiger partial charge on any atom is -0.491 e. The lowest BCUT2D eigenvalue weighted by atomic mass is 10.2. The maximum Gasteiger partial charge on any atom is 0.250 e. The van der Waals surface area contributed by atoms with Crippen molar-refractivity contribution in [3.8, 4) is 11.8 Å². The van der Waals surface area contributed by atoms with Gasteiger partial charge < -0.3 is 14.4 Å². The molecule has 0 amide bonds. The third-order valence-electron chi connectivity index (χ3n) is 3.57. The van der Waals surface area contributed by atoms with Crippen LogP contribution in [-0.4, -0.2) is 49.2 Å². The van der Waals surface area contributed by atoms with Gasteiger partial charge in [0.1, 0.15) is 18.5 Å². The van der Waals surface area contributed by atoms with Crippen LogP contribution in [-0.2, 0) is 16.6 Å². The molecule has 8 nitrogen and oxygen atoms in total. The van der Waals surface area contributed by atoms with E-state index in [-0.39, 0.29) is 18.0 Å². The number of benzene rings is 1. The zero-order valence-electron chi connectivity index (χ0n) is 14.4. The predicted molar refractivity (Wildman–Crippen MR) is 94.2 cm³/mol. The number of sulfonamides is 1. The zero-order chi connectivity index (χ0) is 19.3. The molecule has 1 aromatic carbocycles. The molecule has 0 bridgehead atoms. The van der Waals surface area contributed by atoms with Crippen molar-refractivity contribution in [2.75, 3.05) is 20.7 Å². The van der Waals surface area contributed by atoms with Crippen molar-refractivity contribution in [2.45, 2.75) is 17.5 Å². The monoisotopic (exact) mass is 377 g/mol. The largest absolute Gasteiger partial charge is 0.491 e. The molecule has 1 N–H and O–H groups in total. The van der Waals surface area contributed by atoms with E-state index < -0.39 is 21.7 Å². The molecule has 0 radical (unpaired) electrons. The van der Waals surface area contributed by atoms with Gasteiger partial charge in [0.05, 0.1) is 23.1 Å². The average molecular weight is 377 g/mol. The minimum atomic E-state index is -3.68. The Morgan fingerprint density at radius 3 is 2.46 bits per heavy atom. The summed E-state index contributed by atoms with van der Waals surface area (Å²) in [6, 6.07) is 10.7. The maximum atomic E-state index is 12.1. The van der Waals surface area contributed by atoms with Crippen LogP contribution in [0.15, 0.2) is 52.3 Å². The number of hydrogen-bond donors (Lipinski definition) is 1. The number of pyridine rings is 1. The number of ether oxygens (including phenoxy) is 1. The van der Waals surface area contributed by atoms with Crippen LogP contribution in [0, 0.1) is 11.3 Å². The molecule has 2 rings (SSSR count). The molecule has 0 aliphatic rings. The number of aromatic nitrogens is 1. The van der Waals surface area contributed by atoms with Gasteiger partial charge in [-0.05, 0) is 30.3 Å². The third-order valence-corrected chi connectivity index (χ3v) is 5.37. The molecule has 1 heterocycles. The molecule has 0 spiro atoms. The van der Waals surface area contributed by atoms with Crippen molar-refractivity contribution in [1.29, 1.82) is 5.26 Å². The number of nitrogens with zero attached hydrogens (tertiary/aromatic N) is 3. The molecule has 138 valence electrons. The second kappa shape index (κ2) is 8.14. The van der Waals surface area contributed by atoms with E-state index in [1.54, 1.807) is 24.3 Å². The van der Waals surface area contributed by atoms with E-state index in [1.165, 1.54) is 26.4 Å². The summed E-state index contributed by atoms with van der Waals surface area (Å²) < 4.78 is 31.9. The molecule has 1 aromatic heterocycles. The van der Waals surface area contributed by atoms with E-state index in [2.05, 4.69) is 0 Å². The van der Waals surface area contributed by atoms with Gasteiger partial charge in [0.2, 0.25) is 10.0 Å². The van der Waals surface area contributed by atoms with Gasteiger partial charge in [-0.1, -0.05) is 0 Å². The van der Waals surface area contributed by atoms with Crippen LogP contribution in [0.3, 0.4) is 0 Å². The van der Waals surface area contributed by atoms with Crippen LogP contribution in [0.4, 0.5) is 0 Å². The maximum absolute atomic E-state index is 12.1. The first kappa shape index (κ1) is 19.7. The van der Waals surface area contributed by atoms with E-state index in [1.807, 2.05) is 6.07 Å². The Kier molecular flexibility index (Phi) is 6.15. The van der Waals surface area contributed by atoms with Gasteiger partial charge in [0.25, 0.3) is 5.56 Å². The second-order valence-corrected chi connectivity index (χ2v) is 7.90. The molecule has 1 unspecified atom stereocenters. The number of aliphatic hydroxyl groups is 1. The standard InChI is InChI=1S/C17H19N3O5S/c1-19(2)26(23,24)16-7-8-17(22)20(11-16)10-14(21)12-25-15-5-3-13(9-18)4-6-15/h3-8,11,14,21H,10,12H2,1-2H3. The minimum absolute atomic E-state index is 0.0395. The lowest BCUT2D eigenvalue weighted by Gasteiger charge is -2.16. The highest BCUT2D eigenvalue weighted by Crippen LogP contribution is 2.13. The van der Waals surface area contributed by atoms with Gasteiger partial charge in [-0.2, -0.15) is 5.26 Å². The highest BCUT2D eigenvalue weighted by atomic mass is 32.2. The highest BCUT2D eigenvalue weighted by molar-refractivity contribution is 7.89. The Morgan fingerprint density at radius 2 is 1.88 bits per heavy atom. The van der Waals surface area contributed by atoms with E-state index in [0.717, 1.165) is 14.9 Å². The predicted octanol–water partition coefficient (Wildman–Crippen LogP) is 0.410. The van der Waals surface area contributed by atoms with Crippen LogP contribution in [0.2, 0.25) is 0 Å². The third kappa shape index (κ3) is 4.70. The van der Waals surface area contributed by atoms with Crippen LogP contribution >= 0.6 is 0 Å². The summed E-state index contributed by atoms with van der Waals surface area (Å²) in [4.78, 5) is 11.9. The van der Waals surface area contributed by atoms with Crippen LogP contribution in [0.1, 0.15) is 5.56 Å². The lowest BCUT2D eigenvalue weighted by Crippen LogP contribution is -2.31. The lowest BCUT2D eigenvalue weighted by molar-refractivity contribution is 0.0914. The SMILES string of the molecule is CN(C)S(=O)(=O)c1ccc(=O)n(CC(O)COc2ccc(C#N)cc2)c1. The first-order chi connectivity index (χ1) is 12.2. The summed E-state index contributed by atoms with van der Waals surface area (Å²) in [7, 11) is -0.892. The van der Waals surface area contributed by atoms with Crippen molar-refractivity contribution >= 4 is 10.0 Å². The smallest absolute Gasteiger partial charge is 0.250 e. The number of nitriles is 1. The zero-order valence-corrected chi connectivity index (χ0v) is 15.2. The molecule has 0 aliphatic heterocycles. The number of aliphatic hydroxyl groups excluding tert-OH is 1. The summed E-state index contributed by atoms with van der Waals surface area (Å²) >= 11 is 0. The van der Waals surface area contributed by atoms with Crippen molar-refractivity contribution in [1.82, 2.24) is 8.87 Å². The molecule has 0 fully saturated rings.